The minimum atomic E-state index is -0.0434. The molecule has 2 aromatic heterocycles. The minimum Gasteiger partial charge on any atom is -0.312 e. The highest BCUT2D eigenvalue weighted by Gasteiger charge is 2.12. The van der Waals surface area contributed by atoms with Crippen LogP contribution < -0.4 is 5.56 Å². The summed E-state index contributed by atoms with van der Waals surface area (Å²) in [4.78, 5) is 17.8. The zero-order chi connectivity index (χ0) is 12.7. The van der Waals surface area contributed by atoms with Crippen molar-refractivity contribution in [2.75, 3.05) is 14.1 Å². The molecule has 5 heteroatoms. The zero-order valence-corrected chi connectivity index (χ0v) is 11.0. The third-order valence-corrected chi connectivity index (χ3v) is 3.70. The maximum absolute atomic E-state index is 11.9. The van der Waals surface area contributed by atoms with Gasteiger partial charge in [0.05, 0.1) is 5.69 Å². The molecule has 2 heterocycles. The largest absolute Gasteiger partial charge is 0.312 e. The number of nitrogens with one attached hydrogen (secondary N) is 1. The molecule has 1 aromatic carbocycles. The van der Waals surface area contributed by atoms with Gasteiger partial charge in [-0.3, -0.25) is 4.79 Å². The maximum atomic E-state index is 11.9. The lowest BCUT2D eigenvalue weighted by Crippen LogP contribution is -2.11. The lowest BCUT2D eigenvalue weighted by Gasteiger charge is -2.07. The Labute approximate surface area is 108 Å². The molecule has 0 aliphatic rings. The first-order valence-electron chi connectivity index (χ1n) is 5.71. The Morgan fingerprint density at radius 3 is 2.72 bits per heavy atom. The van der Waals surface area contributed by atoms with Gasteiger partial charge in [0, 0.05) is 17.3 Å². The molecule has 0 atom stereocenters. The molecular weight excluding hydrogens is 246 g/mol. The van der Waals surface area contributed by atoms with E-state index in [0.29, 0.717) is 0 Å². The number of aromatic nitrogens is 2. The highest BCUT2D eigenvalue weighted by atomic mass is 32.1. The molecule has 0 radical (unpaired) electrons. The summed E-state index contributed by atoms with van der Waals surface area (Å²) in [5.74, 6) is 0. The van der Waals surface area contributed by atoms with E-state index in [1.54, 1.807) is 0 Å². The quantitative estimate of drug-likeness (QED) is 0.767. The van der Waals surface area contributed by atoms with Crippen LogP contribution in [0.5, 0.6) is 0 Å². The molecule has 0 bridgehead atoms. The van der Waals surface area contributed by atoms with Gasteiger partial charge < -0.3 is 9.88 Å². The molecule has 1 N–H and O–H groups in total. The Hall–Kier alpha value is -1.72. The molecule has 92 valence electrons. The summed E-state index contributed by atoms with van der Waals surface area (Å²) in [7, 11) is 4.03. The van der Waals surface area contributed by atoms with E-state index in [1.807, 2.05) is 38.4 Å². The molecular formula is C13H13N3OS. The highest BCUT2D eigenvalue weighted by Crippen LogP contribution is 2.27. The third kappa shape index (κ3) is 1.72. The fourth-order valence-electron chi connectivity index (χ4n) is 2.16. The molecule has 0 aliphatic carbocycles. The summed E-state index contributed by atoms with van der Waals surface area (Å²) in [5.41, 5.74) is 0.977. The summed E-state index contributed by atoms with van der Waals surface area (Å²) >= 11 is 1.35. The molecule has 0 unspecified atom stereocenters. The molecule has 0 saturated heterocycles. The SMILES string of the molecule is CN(C)Cc1nsc2[nH]c(=O)c3ccccc3c12. The molecule has 3 rings (SSSR count). The number of aromatic amines is 1. The van der Waals surface area contributed by atoms with E-state index in [2.05, 4.69) is 14.3 Å². The lowest BCUT2D eigenvalue weighted by atomic mass is 10.1. The number of hydrogen-bond donors (Lipinski definition) is 1. The number of nitrogens with zero attached hydrogens (tertiary/aromatic N) is 2. The van der Waals surface area contributed by atoms with Gasteiger partial charge in [0.25, 0.3) is 5.56 Å². The first kappa shape index (κ1) is 11.4. The van der Waals surface area contributed by atoms with Gasteiger partial charge in [-0.15, -0.1) is 0 Å². The van der Waals surface area contributed by atoms with Crippen LogP contribution in [0.3, 0.4) is 0 Å². The Morgan fingerprint density at radius 2 is 2.00 bits per heavy atom. The first-order chi connectivity index (χ1) is 8.66. The second-order valence-electron chi connectivity index (χ2n) is 4.57. The van der Waals surface area contributed by atoms with Gasteiger partial charge in [0.15, 0.2) is 0 Å². The second-order valence-corrected chi connectivity index (χ2v) is 5.34. The summed E-state index contributed by atoms with van der Waals surface area (Å²) in [6.07, 6.45) is 0. The van der Waals surface area contributed by atoms with Crippen molar-refractivity contribution < 1.29 is 0 Å². The zero-order valence-electron chi connectivity index (χ0n) is 10.2. The number of pyridine rings is 1. The van der Waals surface area contributed by atoms with E-state index < -0.39 is 0 Å². The predicted molar refractivity (Wildman–Crippen MR) is 75.1 cm³/mol. The number of rotatable bonds is 2. The van der Waals surface area contributed by atoms with Crippen LogP contribution in [-0.4, -0.2) is 28.4 Å². The standard InChI is InChI=1S/C13H13N3OS/c1-16(2)7-10-11-8-5-3-4-6-9(8)12(17)14-13(11)18-15-10/h3-6H,7H2,1-2H3,(H,14,17). The van der Waals surface area contributed by atoms with E-state index in [1.165, 1.54) is 11.5 Å². The van der Waals surface area contributed by atoms with Crippen molar-refractivity contribution in [1.29, 1.82) is 0 Å². The summed E-state index contributed by atoms with van der Waals surface area (Å²) in [6, 6.07) is 7.68. The average Bonchev–Trinajstić information content (AvgIpc) is 2.72. The molecule has 0 aliphatic heterocycles. The number of benzene rings is 1. The van der Waals surface area contributed by atoms with E-state index in [9.17, 15) is 4.79 Å². The van der Waals surface area contributed by atoms with Crippen LogP contribution in [-0.2, 0) is 6.54 Å². The van der Waals surface area contributed by atoms with Crippen molar-refractivity contribution in [2.45, 2.75) is 6.54 Å². The molecule has 18 heavy (non-hydrogen) atoms. The van der Waals surface area contributed by atoms with Crippen molar-refractivity contribution in [3.05, 3.63) is 40.3 Å². The normalized spacial score (nSPS) is 11.7. The van der Waals surface area contributed by atoms with Crippen LogP contribution >= 0.6 is 11.5 Å². The lowest BCUT2D eigenvalue weighted by molar-refractivity contribution is 0.400. The monoisotopic (exact) mass is 259 g/mol. The molecule has 4 nitrogen and oxygen atoms in total. The van der Waals surface area contributed by atoms with Crippen molar-refractivity contribution >= 4 is 32.5 Å². The van der Waals surface area contributed by atoms with E-state index in [4.69, 9.17) is 0 Å². The first-order valence-corrected chi connectivity index (χ1v) is 6.48. The van der Waals surface area contributed by atoms with Crippen molar-refractivity contribution in [1.82, 2.24) is 14.3 Å². The average molecular weight is 259 g/mol. The fourth-order valence-corrected chi connectivity index (χ4v) is 2.97. The van der Waals surface area contributed by atoms with E-state index in [0.717, 1.165) is 33.2 Å². The van der Waals surface area contributed by atoms with Crippen LogP contribution in [0.1, 0.15) is 5.69 Å². The fraction of sp³-hybridized carbons (Fsp3) is 0.231. The molecule has 3 aromatic rings. The van der Waals surface area contributed by atoms with Crippen LogP contribution in [0.25, 0.3) is 21.0 Å². The van der Waals surface area contributed by atoms with Gasteiger partial charge in [-0.2, -0.15) is 4.37 Å². The summed E-state index contributed by atoms with van der Waals surface area (Å²) in [6.45, 7) is 0.774. The number of H-pyrrole nitrogens is 1. The Bertz CT molecular complexity index is 773. The highest BCUT2D eigenvalue weighted by molar-refractivity contribution is 7.13. The molecule has 0 saturated carbocycles. The van der Waals surface area contributed by atoms with Gasteiger partial charge in [0.2, 0.25) is 0 Å². The third-order valence-electron chi connectivity index (χ3n) is 2.90. The van der Waals surface area contributed by atoms with Crippen LogP contribution in [0.15, 0.2) is 29.1 Å². The van der Waals surface area contributed by atoms with Gasteiger partial charge in [-0.05, 0) is 37.1 Å². The van der Waals surface area contributed by atoms with Gasteiger partial charge in [0.1, 0.15) is 4.83 Å². The Morgan fingerprint density at radius 1 is 1.28 bits per heavy atom. The van der Waals surface area contributed by atoms with E-state index >= 15 is 0 Å². The van der Waals surface area contributed by atoms with Crippen LogP contribution in [0.2, 0.25) is 0 Å². The molecule has 0 fully saturated rings. The summed E-state index contributed by atoms with van der Waals surface area (Å²) < 4.78 is 4.46. The van der Waals surface area contributed by atoms with Gasteiger partial charge >= 0.3 is 0 Å². The van der Waals surface area contributed by atoms with E-state index in [-0.39, 0.29) is 5.56 Å². The summed E-state index contributed by atoms with van der Waals surface area (Å²) in [5, 5.41) is 2.79. The maximum Gasteiger partial charge on any atom is 0.256 e. The Balaban J connectivity index is 2.42. The molecule has 0 spiro atoms. The molecule has 0 amide bonds. The number of fused-ring (bicyclic) bond motifs is 3. The minimum absolute atomic E-state index is 0.0434. The van der Waals surface area contributed by atoms with Crippen molar-refractivity contribution in [3.8, 4) is 0 Å². The number of hydrogen-bond acceptors (Lipinski definition) is 4. The van der Waals surface area contributed by atoms with Crippen LogP contribution in [0.4, 0.5) is 0 Å². The predicted octanol–water partition coefficient (Wildman–Crippen LogP) is 2.20. The van der Waals surface area contributed by atoms with Gasteiger partial charge in [-0.25, -0.2) is 0 Å². The topological polar surface area (TPSA) is 49.0 Å². The Kier molecular flexibility index (Phi) is 2.65. The smallest absolute Gasteiger partial charge is 0.256 e. The van der Waals surface area contributed by atoms with Crippen LogP contribution in [0, 0.1) is 0 Å². The van der Waals surface area contributed by atoms with Crippen molar-refractivity contribution in [3.63, 3.8) is 0 Å². The van der Waals surface area contributed by atoms with Gasteiger partial charge in [-0.1, -0.05) is 18.2 Å². The second kappa shape index (κ2) is 4.19. The van der Waals surface area contributed by atoms with Crippen molar-refractivity contribution in [2.24, 2.45) is 0 Å².